The summed E-state index contributed by atoms with van der Waals surface area (Å²) in [6.45, 7) is 5.24. The van der Waals surface area contributed by atoms with Crippen LogP contribution in [0, 0.1) is 0 Å². The molecule has 0 aliphatic rings. The van der Waals surface area contributed by atoms with E-state index in [1.54, 1.807) is 7.11 Å². The van der Waals surface area contributed by atoms with Gasteiger partial charge >= 0.3 is 0 Å². The van der Waals surface area contributed by atoms with Gasteiger partial charge in [-0.25, -0.2) is 0 Å². The average molecular weight is 221 g/mol. The summed E-state index contributed by atoms with van der Waals surface area (Å²) in [7, 11) is 3.90. The van der Waals surface area contributed by atoms with Crippen molar-refractivity contribution in [3.8, 4) is 0 Å². The number of hydrogen-bond donors (Lipinski definition) is 0. The van der Waals surface area contributed by atoms with Crippen molar-refractivity contribution in [3.63, 3.8) is 0 Å². The van der Waals surface area contributed by atoms with E-state index >= 15 is 0 Å². The Bertz CT molecular complexity index is 273. The largest absolute Gasteiger partial charge is 0.383 e. The Balaban J connectivity index is 2.27. The van der Waals surface area contributed by atoms with Crippen LogP contribution in [-0.2, 0) is 4.74 Å². The highest BCUT2D eigenvalue weighted by Crippen LogP contribution is 2.18. The molecule has 0 spiro atoms. The molecule has 1 rings (SSSR count). The van der Waals surface area contributed by atoms with E-state index in [0.29, 0.717) is 5.92 Å². The van der Waals surface area contributed by atoms with E-state index in [9.17, 15) is 0 Å². The smallest absolute Gasteiger partial charge is 0.0589 e. The Morgan fingerprint density at radius 1 is 1.19 bits per heavy atom. The molecule has 1 atom stereocenters. The molecular formula is C14H23NO. The molecule has 0 bridgehead atoms. The molecule has 0 aliphatic carbocycles. The summed E-state index contributed by atoms with van der Waals surface area (Å²) in [6.07, 6.45) is 1.20. The summed E-state index contributed by atoms with van der Waals surface area (Å²) in [6, 6.07) is 10.7. The summed E-state index contributed by atoms with van der Waals surface area (Å²) in [5, 5.41) is 0. The van der Waals surface area contributed by atoms with Crippen molar-refractivity contribution in [2.45, 2.75) is 19.3 Å². The highest BCUT2D eigenvalue weighted by atomic mass is 16.5. The molecule has 1 aromatic carbocycles. The van der Waals surface area contributed by atoms with Crippen molar-refractivity contribution in [1.29, 1.82) is 0 Å². The SMILES string of the molecule is COCCN(C)CCC(C)c1ccccc1. The third kappa shape index (κ3) is 4.77. The Labute approximate surface area is 99.2 Å². The first-order valence-electron chi connectivity index (χ1n) is 5.96. The number of methoxy groups -OCH3 is 1. The molecule has 0 fully saturated rings. The van der Waals surface area contributed by atoms with E-state index in [4.69, 9.17) is 4.74 Å². The van der Waals surface area contributed by atoms with Gasteiger partial charge < -0.3 is 9.64 Å². The lowest BCUT2D eigenvalue weighted by Gasteiger charge is -2.19. The number of hydrogen-bond acceptors (Lipinski definition) is 2. The van der Waals surface area contributed by atoms with Crippen molar-refractivity contribution in [3.05, 3.63) is 35.9 Å². The van der Waals surface area contributed by atoms with Crippen LogP contribution in [0.3, 0.4) is 0 Å². The van der Waals surface area contributed by atoms with Gasteiger partial charge in [0, 0.05) is 13.7 Å². The zero-order chi connectivity index (χ0) is 11.8. The van der Waals surface area contributed by atoms with E-state index in [1.165, 1.54) is 12.0 Å². The second-order valence-corrected chi connectivity index (χ2v) is 4.40. The van der Waals surface area contributed by atoms with Gasteiger partial charge in [-0.3, -0.25) is 0 Å². The van der Waals surface area contributed by atoms with E-state index in [0.717, 1.165) is 19.7 Å². The molecule has 0 N–H and O–H groups in total. The fourth-order valence-electron chi connectivity index (χ4n) is 1.72. The zero-order valence-corrected chi connectivity index (χ0v) is 10.6. The number of nitrogens with zero attached hydrogens (tertiary/aromatic N) is 1. The van der Waals surface area contributed by atoms with Crippen LogP contribution in [0.1, 0.15) is 24.8 Å². The maximum atomic E-state index is 5.06. The number of ether oxygens (including phenoxy) is 1. The first-order valence-corrected chi connectivity index (χ1v) is 5.96. The minimum absolute atomic E-state index is 0.631. The monoisotopic (exact) mass is 221 g/mol. The molecule has 2 nitrogen and oxygen atoms in total. The van der Waals surface area contributed by atoms with Crippen molar-refractivity contribution in [1.82, 2.24) is 4.90 Å². The minimum atomic E-state index is 0.631. The summed E-state index contributed by atoms with van der Waals surface area (Å²) < 4.78 is 5.06. The van der Waals surface area contributed by atoms with Crippen LogP contribution >= 0.6 is 0 Å². The molecule has 0 amide bonds. The fraction of sp³-hybridized carbons (Fsp3) is 0.571. The number of benzene rings is 1. The van der Waals surface area contributed by atoms with Crippen molar-refractivity contribution in [2.75, 3.05) is 33.9 Å². The molecule has 1 unspecified atom stereocenters. The Morgan fingerprint density at radius 3 is 2.50 bits per heavy atom. The number of rotatable bonds is 7. The maximum absolute atomic E-state index is 5.06. The standard InChI is InChI=1S/C14H23NO/c1-13(14-7-5-4-6-8-14)9-10-15(2)11-12-16-3/h4-8,13H,9-12H2,1-3H3. The fourth-order valence-corrected chi connectivity index (χ4v) is 1.72. The highest BCUT2D eigenvalue weighted by molar-refractivity contribution is 5.18. The summed E-state index contributed by atoms with van der Waals surface area (Å²) in [5.41, 5.74) is 1.43. The van der Waals surface area contributed by atoms with E-state index in [2.05, 4.69) is 49.2 Å². The summed E-state index contributed by atoms with van der Waals surface area (Å²) >= 11 is 0. The molecule has 1 aromatic rings. The van der Waals surface area contributed by atoms with Crippen LogP contribution in [0.5, 0.6) is 0 Å². The van der Waals surface area contributed by atoms with Crippen molar-refractivity contribution < 1.29 is 4.74 Å². The van der Waals surface area contributed by atoms with Crippen molar-refractivity contribution >= 4 is 0 Å². The third-order valence-electron chi connectivity index (χ3n) is 2.99. The topological polar surface area (TPSA) is 12.5 Å². The van der Waals surface area contributed by atoms with Gasteiger partial charge in [-0.15, -0.1) is 0 Å². The van der Waals surface area contributed by atoms with Crippen LogP contribution in [0.4, 0.5) is 0 Å². The van der Waals surface area contributed by atoms with Crippen LogP contribution in [0.25, 0.3) is 0 Å². The van der Waals surface area contributed by atoms with Gasteiger partial charge in [0.05, 0.1) is 6.61 Å². The van der Waals surface area contributed by atoms with Crippen molar-refractivity contribution in [2.24, 2.45) is 0 Å². The lowest BCUT2D eigenvalue weighted by molar-refractivity contribution is 0.160. The maximum Gasteiger partial charge on any atom is 0.0589 e. The van der Waals surface area contributed by atoms with Gasteiger partial charge in [0.25, 0.3) is 0 Å². The molecule has 90 valence electrons. The highest BCUT2D eigenvalue weighted by Gasteiger charge is 2.06. The molecule has 0 heterocycles. The Hall–Kier alpha value is -0.860. The molecule has 0 saturated heterocycles. The van der Waals surface area contributed by atoms with Crippen LogP contribution < -0.4 is 0 Å². The van der Waals surface area contributed by atoms with Gasteiger partial charge in [-0.1, -0.05) is 37.3 Å². The first-order chi connectivity index (χ1) is 7.74. The Morgan fingerprint density at radius 2 is 1.88 bits per heavy atom. The summed E-state index contributed by atoms with van der Waals surface area (Å²) in [5.74, 6) is 0.631. The number of likely N-dealkylation sites (N-methyl/N-ethyl adjacent to an activating group) is 1. The van der Waals surface area contributed by atoms with E-state index in [1.807, 2.05) is 0 Å². The second-order valence-electron chi connectivity index (χ2n) is 4.40. The van der Waals surface area contributed by atoms with Gasteiger partial charge in [0.2, 0.25) is 0 Å². The van der Waals surface area contributed by atoms with E-state index in [-0.39, 0.29) is 0 Å². The Kier molecular flexibility index (Phi) is 6.12. The lowest BCUT2D eigenvalue weighted by atomic mass is 9.98. The van der Waals surface area contributed by atoms with Crippen LogP contribution in [0.2, 0.25) is 0 Å². The first kappa shape index (κ1) is 13.2. The second kappa shape index (κ2) is 7.42. The van der Waals surface area contributed by atoms with Gasteiger partial charge in [-0.05, 0) is 31.5 Å². The molecular weight excluding hydrogens is 198 g/mol. The normalized spacial score (nSPS) is 13.0. The lowest BCUT2D eigenvalue weighted by Crippen LogP contribution is -2.24. The predicted octanol–water partition coefficient (Wildman–Crippen LogP) is 2.76. The average Bonchev–Trinajstić information content (AvgIpc) is 2.34. The molecule has 16 heavy (non-hydrogen) atoms. The quantitative estimate of drug-likeness (QED) is 0.702. The predicted molar refractivity (Wildman–Crippen MR) is 68.8 cm³/mol. The third-order valence-corrected chi connectivity index (χ3v) is 2.99. The molecule has 0 radical (unpaired) electrons. The van der Waals surface area contributed by atoms with Crippen LogP contribution in [-0.4, -0.2) is 38.8 Å². The molecule has 0 saturated carbocycles. The molecule has 2 heteroatoms. The van der Waals surface area contributed by atoms with E-state index < -0.39 is 0 Å². The van der Waals surface area contributed by atoms with Gasteiger partial charge in [0.1, 0.15) is 0 Å². The van der Waals surface area contributed by atoms with Crippen LogP contribution in [0.15, 0.2) is 30.3 Å². The zero-order valence-electron chi connectivity index (χ0n) is 10.6. The summed E-state index contributed by atoms with van der Waals surface area (Å²) in [4.78, 5) is 2.32. The van der Waals surface area contributed by atoms with Gasteiger partial charge in [0.15, 0.2) is 0 Å². The molecule has 0 aromatic heterocycles. The van der Waals surface area contributed by atoms with Gasteiger partial charge in [-0.2, -0.15) is 0 Å². The molecule has 0 aliphatic heterocycles. The minimum Gasteiger partial charge on any atom is -0.383 e.